The van der Waals surface area contributed by atoms with Crippen molar-refractivity contribution < 1.29 is 9.47 Å². The first-order valence-electron chi connectivity index (χ1n) is 2.40. The van der Waals surface area contributed by atoms with Crippen LogP contribution in [0.15, 0.2) is 0 Å². The maximum Gasteiger partial charge on any atom is 0.178 e. The van der Waals surface area contributed by atoms with Crippen molar-refractivity contribution in [1.82, 2.24) is 0 Å². The van der Waals surface area contributed by atoms with Crippen LogP contribution in [0.1, 0.15) is 0 Å². The number of hydrogen-bond acceptors (Lipinski definition) is 4. The van der Waals surface area contributed by atoms with Crippen molar-refractivity contribution >= 4 is 25.3 Å². The van der Waals surface area contributed by atoms with E-state index in [0.717, 1.165) is 0 Å². The third-order valence-electron chi connectivity index (χ3n) is 0.891. The minimum Gasteiger partial charge on any atom is -0.348 e. The predicted molar refractivity (Wildman–Crippen MR) is 37.5 cm³/mol. The third-order valence-corrected chi connectivity index (χ3v) is 1.38. The van der Waals surface area contributed by atoms with Gasteiger partial charge in [0.1, 0.15) is 0 Å². The van der Waals surface area contributed by atoms with Crippen LogP contribution in [0, 0.1) is 0 Å². The van der Waals surface area contributed by atoms with Crippen LogP contribution in [0.3, 0.4) is 0 Å². The summed E-state index contributed by atoms with van der Waals surface area (Å²) >= 11 is 8.01. The van der Waals surface area contributed by atoms with Crippen molar-refractivity contribution in [2.24, 2.45) is 0 Å². The molecule has 4 heteroatoms. The summed E-state index contributed by atoms with van der Waals surface area (Å²) in [6.45, 7) is 1.34. The molecule has 1 fully saturated rings. The fourth-order valence-electron chi connectivity index (χ4n) is 0.549. The first kappa shape index (κ1) is 6.74. The third kappa shape index (κ3) is 1.55. The molecule has 0 aliphatic carbocycles. The van der Waals surface area contributed by atoms with Gasteiger partial charge in [0.2, 0.25) is 0 Å². The molecule has 0 N–H and O–H groups in total. The maximum absolute atomic E-state index is 5.04. The second-order valence-corrected chi connectivity index (χ2v) is 3.04. The van der Waals surface area contributed by atoms with E-state index in [1.54, 1.807) is 0 Å². The van der Waals surface area contributed by atoms with Gasteiger partial charge in [0.25, 0.3) is 0 Å². The van der Waals surface area contributed by atoms with Gasteiger partial charge in [0.15, 0.2) is 6.29 Å². The minimum atomic E-state index is -0.207. The Morgan fingerprint density at radius 1 is 1.25 bits per heavy atom. The lowest BCUT2D eigenvalue weighted by Gasteiger charge is -2.09. The van der Waals surface area contributed by atoms with Crippen molar-refractivity contribution in [2.75, 3.05) is 13.2 Å². The van der Waals surface area contributed by atoms with E-state index in [1.807, 2.05) is 0 Å². The van der Waals surface area contributed by atoms with Crippen molar-refractivity contribution in [3.05, 3.63) is 0 Å². The van der Waals surface area contributed by atoms with Gasteiger partial charge in [-0.2, -0.15) is 25.3 Å². The highest BCUT2D eigenvalue weighted by Crippen LogP contribution is 2.15. The van der Waals surface area contributed by atoms with Crippen molar-refractivity contribution in [3.63, 3.8) is 0 Å². The molecule has 0 amide bonds. The summed E-state index contributed by atoms with van der Waals surface area (Å²) in [4.78, 5) is 0. The summed E-state index contributed by atoms with van der Waals surface area (Å²) in [6, 6.07) is 0. The van der Waals surface area contributed by atoms with Gasteiger partial charge in [-0.1, -0.05) is 0 Å². The van der Waals surface area contributed by atoms with E-state index in [1.165, 1.54) is 0 Å². The van der Waals surface area contributed by atoms with E-state index >= 15 is 0 Å². The molecular weight excluding hydrogens is 144 g/mol. The highest BCUT2D eigenvalue weighted by molar-refractivity contribution is 7.99. The van der Waals surface area contributed by atoms with E-state index < -0.39 is 0 Å². The van der Waals surface area contributed by atoms with Crippen LogP contribution in [-0.4, -0.2) is 24.1 Å². The topological polar surface area (TPSA) is 18.5 Å². The van der Waals surface area contributed by atoms with Gasteiger partial charge in [-0.25, -0.2) is 0 Å². The molecule has 0 aromatic rings. The second-order valence-electron chi connectivity index (χ2n) is 1.52. The van der Waals surface area contributed by atoms with Crippen LogP contribution in [0.25, 0.3) is 0 Å². The predicted octanol–water partition coefficient (Wildman–Crippen LogP) is 0.545. The van der Waals surface area contributed by atoms with Gasteiger partial charge < -0.3 is 9.47 Å². The Hall–Kier alpha value is 0.620. The first-order valence-corrected chi connectivity index (χ1v) is 3.43. The molecule has 1 rings (SSSR count). The molecule has 0 spiro atoms. The van der Waals surface area contributed by atoms with Crippen LogP contribution >= 0.6 is 25.3 Å². The summed E-state index contributed by atoms with van der Waals surface area (Å²) in [5, 5.41) is 0. The molecule has 0 bridgehead atoms. The Kier molecular flexibility index (Phi) is 2.49. The zero-order chi connectivity index (χ0) is 5.98. The molecule has 48 valence electrons. The molecular formula is C4H8O2S2. The van der Waals surface area contributed by atoms with E-state index in [4.69, 9.17) is 9.47 Å². The molecule has 0 aromatic carbocycles. The second kappa shape index (κ2) is 2.96. The van der Waals surface area contributed by atoms with Crippen molar-refractivity contribution in [3.8, 4) is 0 Å². The fraction of sp³-hybridized carbons (Fsp3) is 1.00. The molecule has 0 atom stereocenters. The molecule has 1 saturated heterocycles. The maximum atomic E-state index is 5.04. The zero-order valence-corrected chi connectivity index (χ0v) is 6.07. The first-order chi connectivity index (χ1) is 3.80. The van der Waals surface area contributed by atoms with E-state index in [2.05, 4.69) is 25.3 Å². The summed E-state index contributed by atoms with van der Waals surface area (Å²) in [7, 11) is 0. The monoisotopic (exact) mass is 152 g/mol. The lowest BCUT2D eigenvalue weighted by molar-refractivity contribution is -0.0267. The van der Waals surface area contributed by atoms with E-state index in [0.29, 0.717) is 13.2 Å². The molecule has 0 aromatic heterocycles. The van der Waals surface area contributed by atoms with Gasteiger partial charge >= 0.3 is 0 Å². The molecule has 0 saturated carbocycles. The number of hydrogen-bond donors (Lipinski definition) is 2. The lowest BCUT2D eigenvalue weighted by atomic mass is 10.7. The number of rotatable bonds is 1. The van der Waals surface area contributed by atoms with Crippen molar-refractivity contribution in [2.45, 2.75) is 10.9 Å². The number of thiol groups is 2. The van der Waals surface area contributed by atoms with Gasteiger partial charge in [-0.05, 0) is 0 Å². The highest BCUT2D eigenvalue weighted by atomic mass is 32.2. The molecule has 1 aliphatic heterocycles. The van der Waals surface area contributed by atoms with Gasteiger partial charge in [-0.15, -0.1) is 0 Å². The summed E-state index contributed by atoms with van der Waals surface area (Å²) < 4.78 is 9.97. The Labute approximate surface area is 59.4 Å². The largest absolute Gasteiger partial charge is 0.348 e. The Morgan fingerprint density at radius 2 is 1.75 bits per heavy atom. The van der Waals surface area contributed by atoms with Crippen LogP contribution in [0.2, 0.25) is 0 Å². The SMILES string of the molecule is SC(S)C1OCCO1. The fourth-order valence-corrected chi connectivity index (χ4v) is 0.893. The smallest absolute Gasteiger partial charge is 0.178 e. The van der Waals surface area contributed by atoms with Gasteiger partial charge in [0, 0.05) is 0 Å². The average molecular weight is 152 g/mol. The quantitative estimate of drug-likeness (QED) is 0.422. The minimum absolute atomic E-state index is 0.113. The van der Waals surface area contributed by atoms with Crippen LogP contribution in [0.5, 0.6) is 0 Å². The lowest BCUT2D eigenvalue weighted by Crippen LogP contribution is -2.16. The Morgan fingerprint density at radius 3 is 2.00 bits per heavy atom. The van der Waals surface area contributed by atoms with Crippen LogP contribution < -0.4 is 0 Å². The van der Waals surface area contributed by atoms with Gasteiger partial charge in [-0.3, -0.25) is 0 Å². The zero-order valence-electron chi connectivity index (χ0n) is 4.28. The summed E-state index contributed by atoms with van der Waals surface area (Å²) in [6.07, 6.45) is -0.207. The number of ether oxygens (including phenoxy) is 2. The van der Waals surface area contributed by atoms with Crippen LogP contribution in [0.4, 0.5) is 0 Å². The Bertz CT molecular complexity index is 70.4. The van der Waals surface area contributed by atoms with Crippen LogP contribution in [-0.2, 0) is 9.47 Å². The van der Waals surface area contributed by atoms with Gasteiger partial charge in [0.05, 0.1) is 17.8 Å². The standard InChI is InChI=1S/C4H8O2S2/c7-4(8)3-5-1-2-6-3/h3-4,7-8H,1-2H2. The molecule has 1 heterocycles. The van der Waals surface area contributed by atoms with E-state index in [-0.39, 0.29) is 10.9 Å². The summed E-state index contributed by atoms with van der Waals surface area (Å²) in [5.74, 6) is 0. The van der Waals surface area contributed by atoms with Crippen molar-refractivity contribution in [1.29, 1.82) is 0 Å². The highest BCUT2D eigenvalue weighted by Gasteiger charge is 2.20. The molecule has 8 heavy (non-hydrogen) atoms. The average Bonchev–Trinajstić information content (AvgIpc) is 2.12. The molecule has 1 aliphatic rings. The normalized spacial score (nSPS) is 22.9. The Balaban J connectivity index is 2.24. The summed E-state index contributed by atoms with van der Waals surface area (Å²) in [5.41, 5.74) is 0. The molecule has 0 unspecified atom stereocenters. The molecule has 0 radical (unpaired) electrons. The molecule has 2 nitrogen and oxygen atoms in total. The van der Waals surface area contributed by atoms with E-state index in [9.17, 15) is 0 Å².